The number of ketones is 1. The third-order valence-corrected chi connectivity index (χ3v) is 12.7. The Kier molecular flexibility index (Phi) is 15.6. The summed E-state index contributed by atoms with van der Waals surface area (Å²) in [4.78, 5) is 58.2. The van der Waals surface area contributed by atoms with Gasteiger partial charge in [0.15, 0.2) is 17.8 Å². The lowest BCUT2D eigenvalue weighted by atomic mass is 9.68. The van der Waals surface area contributed by atoms with Crippen molar-refractivity contribution in [3.63, 3.8) is 0 Å². The Labute approximate surface area is 353 Å². The molecule has 16 heteroatoms. The highest BCUT2D eigenvalue weighted by Gasteiger charge is 2.52. The maximum Gasteiger partial charge on any atom is 0.316 e. The minimum Gasteiger partial charge on any atom is -0.459 e. The van der Waals surface area contributed by atoms with E-state index >= 15 is 0 Å². The van der Waals surface area contributed by atoms with Crippen molar-refractivity contribution in [2.75, 3.05) is 20.7 Å². The van der Waals surface area contributed by atoms with E-state index in [1.807, 2.05) is 59.7 Å². The number of aliphatic imine (C=N–C) groups is 1. The van der Waals surface area contributed by atoms with Crippen molar-refractivity contribution in [2.45, 2.75) is 149 Å². The number of carbonyl (C=O) groups excluding carboxylic acids is 3. The molecule has 3 aliphatic rings. The number of oxime groups is 1. The standard InChI is InChI=1S/C44H65N5O11/c1-12-36-44(9,54)32-15-14-31(48-56-22-30-13-16-33(45-21-30)35-17-18-46-60-35)23-55-43(8,20-24(2)37(26(32)4)47-29(7)50)40(27(5)38(51)28(6)41(53)58-36)59-42-39(52)34(49(10)11)19-25(3)57-42/h13,16-18,21,24-28,32,34,36,39-40,42,52,54H,12,14-15,19-20,22-23H2,1-11H3/b47-37+,48-31+/t24-,25-,26-,27+,28-,32-,34+,36-,39-,40-,42+,43-,44+/m1/s1. The fraction of sp³-hybridized carbons (Fsp3) is 0.705. The second-order valence-corrected chi connectivity index (χ2v) is 17.7. The van der Waals surface area contributed by atoms with Gasteiger partial charge in [-0.2, -0.15) is 0 Å². The predicted molar refractivity (Wildman–Crippen MR) is 222 cm³/mol. The molecule has 2 N–H and O–H groups in total. The zero-order chi connectivity index (χ0) is 44.1. The maximum atomic E-state index is 14.5. The second kappa shape index (κ2) is 19.8. The van der Waals surface area contributed by atoms with Crippen LogP contribution in [0.3, 0.4) is 0 Å². The number of cyclic esters (lactones) is 1. The maximum absolute atomic E-state index is 14.5. The van der Waals surface area contributed by atoms with Gasteiger partial charge in [0.2, 0.25) is 5.91 Å². The molecular formula is C44H65N5O11. The Bertz CT molecular complexity index is 1830. The minimum atomic E-state index is -1.64. The Morgan fingerprint density at radius 3 is 2.43 bits per heavy atom. The molecule has 3 fully saturated rings. The van der Waals surface area contributed by atoms with Gasteiger partial charge >= 0.3 is 5.97 Å². The lowest BCUT2D eigenvalue weighted by Crippen LogP contribution is -2.59. The number of carbonyl (C=O) groups is 3. The molecule has 3 saturated heterocycles. The van der Waals surface area contributed by atoms with E-state index < -0.39 is 83.1 Å². The molecule has 5 heterocycles. The number of hydrogen-bond acceptors (Lipinski definition) is 15. The van der Waals surface area contributed by atoms with Crippen LogP contribution in [0.25, 0.3) is 11.5 Å². The number of fused-ring (bicyclic) bond motifs is 5. The quantitative estimate of drug-likeness (QED) is 0.200. The number of aliphatic hydroxyl groups is 2. The Morgan fingerprint density at radius 2 is 1.82 bits per heavy atom. The summed E-state index contributed by atoms with van der Waals surface area (Å²) < 4.78 is 31.3. The second-order valence-electron chi connectivity index (χ2n) is 17.7. The first-order chi connectivity index (χ1) is 28.3. The van der Waals surface area contributed by atoms with Crippen LogP contribution in [0, 0.1) is 29.6 Å². The molecule has 0 radical (unpaired) electrons. The zero-order valence-electron chi connectivity index (χ0n) is 37.0. The van der Waals surface area contributed by atoms with Crippen LogP contribution >= 0.6 is 0 Å². The van der Waals surface area contributed by atoms with Gasteiger partial charge in [-0.05, 0) is 91.8 Å². The molecule has 1 amide bonds. The van der Waals surface area contributed by atoms with Crippen LogP contribution in [-0.2, 0) is 44.8 Å². The molecule has 0 saturated carbocycles. The van der Waals surface area contributed by atoms with Crippen LogP contribution in [0.2, 0.25) is 0 Å². The van der Waals surface area contributed by atoms with Gasteiger partial charge in [-0.25, -0.2) is 4.99 Å². The van der Waals surface area contributed by atoms with Crippen molar-refractivity contribution in [2.24, 2.45) is 39.7 Å². The summed E-state index contributed by atoms with van der Waals surface area (Å²) in [5.74, 6) is -4.94. The Morgan fingerprint density at radius 1 is 1.08 bits per heavy atom. The van der Waals surface area contributed by atoms with Crippen LogP contribution in [0.15, 0.2) is 45.3 Å². The minimum absolute atomic E-state index is 0.0674. The first kappa shape index (κ1) is 47.1. The molecule has 2 aromatic heterocycles. The van der Waals surface area contributed by atoms with Crippen molar-refractivity contribution >= 4 is 29.1 Å². The van der Waals surface area contributed by atoms with Crippen molar-refractivity contribution in [1.82, 2.24) is 15.0 Å². The number of ether oxygens (including phenoxy) is 4. The third-order valence-electron chi connectivity index (χ3n) is 12.7. The number of likely N-dealkylation sites (N-methyl/N-ethyl adjacent to an activating group) is 1. The average Bonchev–Trinajstić information content (AvgIpc) is 3.74. The fourth-order valence-corrected chi connectivity index (χ4v) is 9.33. The molecular weight excluding hydrogens is 775 g/mol. The van der Waals surface area contributed by atoms with Gasteiger partial charge < -0.3 is 43.4 Å². The number of aromatic nitrogens is 2. The molecule has 3 aliphatic heterocycles. The first-order valence-electron chi connectivity index (χ1n) is 21.2. The summed E-state index contributed by atoms with van der Waals surface area (Å²) in [5.41, 5.74) is -0.603. The molecule has 0 spiro atoms. The van der Waals surface area contributed by atoms with E-state index in [2.05, 4.69) is 20.3 Å². The van der Waals surface area contributed by atoms with Crippen LogP contribution in [0.5, 0.6) is 0 Å². The SMILES string of the molecule is CC[C@H]1OC(=O)[C@H](C)C(=O)[C@H](C)[C@@H](O[C@@H]2O[C@H](C)C[C@H](N(C)C)[C@H]2O)[C@@]2(C)C[C@@H](C)/C(=N\C(C)=O)[C@H](C)[C@@H](CC/C(=N\OCc3ccc(-c4ccno4)nc3)CO2)[C@]1(C)O. The number of aliphatic hydroxyl groups excluding tert-OH is 1. The average molecular weight is 840 g/mol. The van der Waals surface area contributed by atoms with Crippen LogP contribution in [-0.4, -0.2) is 123 Å². The van der Waals surface area contributed by atoms with E-state index in [1.54, 1.807) is 38.4 Å². The molecule has 16 nitrogen and oxygen atoms in total. The lowest BCUT2D eigenvalue weighted by Gasteiger charge is -2.47. The highest BCUT2D eigenvalue weighted by molar-refractivity contribution is 6.00. The third kappa shape index (κ3) is 10.7. The van der Waals surface area contributed by atoms with Gasteiger partial charge in [0, 0.05) is 48.3 Å². The summed E-state index contributed by atoms with van der Waals surface area (Å²) in [6.07, 6.45) is 0.113. The predicted octanol–water partition coefficient (Wildman–Crippen LogP) is 5.18. The molecule has 5 rings (SSSR count). The van der Waals surface area contributed by atoms with Gasteiger partial charge in [-0.1, -0.05) is 44.1 Å². The number of Topliss-reactive ketones (excluding diaryl/α,β-unsaturated/α-hetero) is 1. The normalized spacial score (nSPS) is 37.6. The van der Waals surface area contributed by atoms with Gasteiger partial charge in [-0.15, -0.1) is 0 Å². The summed E-state index contributed by atoms with van der Waals surface area (Å²) in [6.45, 7) is 15.6. The zero-order valence-corrected chi connectivity index (χ0v) is 37.0. The number of hydrogen-bond donors (Lipinski definition) is 2. The van der Waals surface area contributed by atoms with Crippen LogP contribution in [0.1, 0.15) is 100.0 Å². The number of esters is 1. The number of amides is 1. The summed E-state index contributed by atoms with van der Waals surface area (Å²) in [6, 6.07) is 5.05. The highest BCUT2D eigenvalue weighted by Crippen LogP contribution is 2.42. The number of pyridine rings is 1. The largest absolute Gasteiger partial charge is 0.459 e. The Balaban J connectivity index is 1.63. The Hall–Kier alpha value is -3.93. The lowest BCUT2D eigenvalue weighted by molar-refractivity contribution is -0.296. The molecule has 13 atom stereocenters. The van der Waals surface area contributed by atoms with E-state index in [0.717, 1.165) is 5.56 Å². The smallest absolute Gasteiger partial charge is 0.316 e. The molecule has 332 valence electrons. The van der Waals surface area contributed by atoms with Crippen LogP contribution < -0.4 is 0 Å². The topological polar surface area (TPSA) is 205 Å². The summed E-state index contributed by atoms with van der Waals surface area (Å²) in [7, 11) is 3.75. The van der Waals surface area contributed by atoms with Crippen LogP contribution in [0.4, 0.5) is 0 Å². The van der Waals surface area contributed by atoms with Gasteiger partial charge in [0.05, 0.1) is 36.3 Å². The number of rotatable bonds is 8. The monoisotopic (exact) mass is 839 g/mol. The van der Waals surface area contributed by atoms with Gasteiger partial charge in [0.1, 0.15) is 36.0 Å². The molecule has 0 aromatic carbocycles. The number of nitrogens with zero attached hydrogens (tertiary/aromatic N) is 5. The fourth-order valence-electron chi connectivity index (χ4n) is 9.33. The molecule has 0 aliphatic carbocycles. The van der Waals surface area contributed by atoms with Gasteiger partial charge in [0.25, 0.3) is 0 Å². The van der Waals surface area contributed by atoms with E-state index in [9.17, 15) is 24.6 Å². The van der Waals surface area contributed by atoms with Crippen molar-refractivity contribution in [3.05, 3.63) is 36.2 Å². The summed E-state index contributed by atoms with van der Waals surface area (Å²) in [5, 5.41) is 32.5. The first-order valence-corrected chi connectivity index (χ1v) is 21.2. The van der Waals surface area contributed by atoms with Crippen molar-refractivity contribution < 1.29 is 52.9 Å². The van der Waals surface area contributed by atoms with E-state index in [0.29, 0.717) is 35.7 Å². The van der Waals surface area contributed by atoms with E-state index in [4.69, 9.17) is 28.3 Å². The highest BCUT2D eigenvalue weighted by atomic mass is 16.7. The summed E-state index contributed by atoms with van der Waals surface area (Å²) >= 11 is 0. The molecule has 2 bridgehead atoms. The molecule has 60 heavy (non-hydrogen) atoms. The molecule has 2 aromatic rings. The van der Waals surface area contributed by atoms with Crippen molar-refractivity contribution in [3.8, 4) is 11.5 Å². The van der Waals surface area contributed by atoms with Crippen molar-refractivity contribution in [1.29, 1.82) is 0 Å². The van der Waals surface area contributed by atoms with E-state index in [-0.39, 0.29) is 44.6 Å². The van der Waals surface area contributed by atoms with E-state index in [1.165, 1.54) is 13.8 Å². The molecule has 0 unspecified atom stereocenters. The van der Waals surface area contributed by atoms with Gasteiger partial charge in [-0.3, -0.25) is 19.4 Å².